The second kappa shape index (κ2) is 16.2. The van der Waals surface area contributed by atoms with E-state index in [4.69, 9.17) is 18.2 Å². The summed E-state index contributed by atoms with van der Waals surface area (Å²) in [6.07, 6.45) is 5.14. The number of carboxylic acid groups (broad SMARTS) is 1. The van der Waals surface area contributed by atoms with Crippen LogP contribution in [0.25, 0.3) is 20.4 Å². The Bertz CT molecular complexity index is 2410. The number of carboxylic acids is 1. The number of aromatic nitrogens is 4. The first-order valence-corrected chi connectivity index (χ1v) is 21.3. The molecule has 4 aliphatic rings. The number of amides is 3. The summed E-state index contributed by atoms with van der Waals surface area (Å²) in [6, 6.07) is 3.00. The largest absolute Gasteiger partial charge is 0.543 e. The van der Waals surface area contributed by atoms with E-state index in [2.05, 4.69) is 19.6 Å². The van der Waals surface area contributed by atoms with Crippen LogP contribution in [0.1, 0.15) is 27.7 Å². The molecule has 2 fully saturated rings. The lowest BCUT2D eigenvalue weighted by Crippen LogP contribution is -2.64. The lowest BCUT2D eigenvalue weighted by molar-refractivity contribution is -0.683. The fourth-order valence-electron chi connectivity index (χ4n) is 7.61. The number of hydrogen-bond donors (Lipinski definition) is 3. The zero-order valence-electron chi connectivity index (χ0n) is 30.4. The summed E-state index contributed by atoms with van der Waals surface area (Å²) in [5, 5.41) is 31.7. The smallest absolute Gasteiger partial charge is 0.365 e. The molecule has 0 unspecified atom stereocenters. The molecule has 294 valence electrons. The summed E-state index contributed by atoms with van der Waals surface area (Å²) in [6.45, 7) is 6.92. The lowest BCUT2D eigenvalue weighted by Gasteiger charge is -2.47. The van der Waals surface area contributed by atoms with Gasteiger partial charge in [0, 0.05) is 33.9 Å². The summed E-state index contributed by atoms with van der Waals surface area (Å²) in [5.74, 6) is -4.84. The van der Waals surface area contributed by atoms with Gasteiger partial charge < -0.3 is 44.8 Å². The predicted molar refractivity (Wildman–Crippen MR) is 208 cm³/mol. The maximum absolute atomic E-state index is 12.6. The van der Waals surface area contributed by atoms with Gasteiger partial charge in [0.15, 0.2) is 21.1 Å². The highest BCUT2D eigenvalue weighted by Crippen LogP contribution is 2.54. The van der Waals surface area contributed by atoms with E-state index in [1.165, 1.54) is 62.9 Å². The van der Waals surface area contributed by atoms with Gasteiger partial charge in [0.25, 0.3) is 13.9 Å². The topological polar surface area (TPSA) is 246 Å². The molecule has 0 aliphatic carbocycles. The van der Waals surface area contributed by atoms with E-state index < -0.39 is 53.8 Å². The first-order valence-electron chi connectivity index (χ1n) is 17.3. The Morgan fingerprint density at radius 1 is 0.982 bits per heavy atom. The van der Waals surface area contributed by atoms with Gasteiger partial charge in [-0.1, -0.05) is 37.4 Å². The number of fused-ring (bicyclic) bond motifs is 4. The molecular weight excluding hydrogens is 834 g/mol. The first-order chi connectivity index (χ1) is 27.1. The van der Waals surface area contributed by atoms with Crippen LogP contribution in [0.3, 0.4) is 0 Å². The molecule has 2 radical (unpaired) electrons. The minimum atomic E-state index is -1.42. The number of thiazole rings is 2. The Hall–Kier alpha value is -4.31. The lowest BCUT2D eigenvalue weighted by atomic mass is 9.79. The number of aliphatic carboxylic acids is 1. The Morgan fingerprint density at radius 2 is 1.53 bits per heavy atom. The molecule has 0 aromatic carbocycles. The molecule has 4 aromatic rings. The minimum Gasteiger partial charge on any atom is -0.543 e. The van der Waals surface area contributed by atoms with Crippen molar-refractivity contribution in [2.75, 3.05) is 0 Å². The van der Waals surface area contributed by atoms with Crippen LogP contribution in [0.2, 0.25) is 0 Å². The molecule has 0 bridgehead atoms. The van der Waals surface area contributed by atoms with Crippen molar-refractivity contribution in [1.82, 2.24) is 24.8 Å². The normalized spacial score (nSPS) is 24.9. The van der Waals surface area contributed by atoms with Gasteiger partial charge >= 0.3 is 5.97 Å². The van der Waals surface area contributed by atoms with Crippen molar-refractivity contribution in [2.24, 2.45) is 34.1 Å². The second-order valence-corrected chi connectivity index (χ2v) is 18.9. The van der Waals surface area contributed by atoms with Crippen molar-refractivity contribution in [1.29, 1.82) is 0 Å². The Labute approximate surface area is 343 Å². The number of β-lactam (4-membered cyclic amide) rings is 2. The number of carbonyl (C=O) groups excluding carboxylic acids is 5. The zero-order chi connectivity index (χ0) is 41.0. The van der Waals surface area contributed by atoms with Gasteiger partial charge in [0.2, 0.25) is 27.0 Å². The van der Waals surface area contributed by atoms with Crippen LogP contribution in [-0.2, 0) is 35.0 Å². The summed E-state index contributed by atoms with van der Waals surface area (Å²) in [5.41, 5.74) is 6.68. The number of nitrogens with two attached hydrogens (primary N) is 1. The molecule has 4 aromatic heterocycles. The SMILES string of the molecule is C[C@@H](O)[C@H]1C(=O)N2C(C(=O)[O-])=C(Sc3nc4c[n+](CC(N)=O)ccc4s3)[C@H](C)[C@H]12.[B]N=POC(=O)C1=C(Sc2nc3cnccc3s2)[C@H](C)[C@@H]2[C@@H]([C@@H](C)O)C(=O)N12. The number of rotatable bonds is 11. The van der Waals surface area contributed by atoms with Gasteiger partial charge in [-0.2, -0.15) is 4.57 Å². The quantitative estimate of drug-likeness (QED) is 0.0838. The molecule has 4 N–H and O–H groups in total. The average Bonchev–Trinajstić information content (AvgIpc) is 3.87. The summed E-state index contributed by atoms with van der Waals surface area (Å²) in [7, 11) is 5.01. The molecule has 3 amide bonds. The summed E-state index contributed by atoms with van der Waals surface area (Å²) >= 11 is 5.39. The molecule has 17 nitrogen and oxygen atoms in total. The van der Waals surface area contributed by atoms with Crippen molar-refractivity contribution in [3.05, 3.63) is 58.1 Å². The molecule has 0 saturated carbocycles. The third-order valence-electron chi connectivity index (χ3n) is 10.0. The monoisotopic (exact) mass is 866 g/mol. The Kier molecular flexibility index (Phi) is 11.6. The van der Waals surface area contributed by atoms with E-state index in [-0.39, 0.29) is 50.3 Å². The zero-order valence-corrected chi connectivity index (χ0v) is 34.6. The first kappa shape index (κ1) is 40.9. The van der Waals surface area contributed by atoms with E-state index in [1.807, 2.05) is 26.0 Å². The highest BCUT2D eigenvalue weighted by molar-refractivity contribution is 8.05. The van der Waals surface area contributed by atoms with E-state index in [0.717, 1.165) is 19.3 Å². The molecule has 8 heterocycles. The number of nitrogens with zero attached hydrogens (tertiary/aromatic N) is 7. The van der Waals surface area contributed by atoms with Gasteiger partial charge in [-0.3, -0.25) is 19.4 Å². The molecular formula is C34H32BN8O9PS4. The Balaban J connectivity index is 0.000000174. The van der Waals surface area contributed by atoms with Gasteiger partial charge in [0.05, 0.1) is 63.4 Å². The number of aliphatic hydroxyl groups excluding tert-OH is 2. The second-order valence-electron chi connectivity index (χ2n) is 13.6. The highest BCUT2D eigenvalue weighted by Gasteiger charge is 2.61. The molecule has 8 atom stereocenters. The van der Waals surface area contributed by atoms with Crippen LogP contribution < -0.4 is 15.4 Å². The Morgan fingerprint density at radius 3 is 2.05 bits per heavy atom. The number of hydrogen-bond acceptors (Lipinski definition) is 17. The third-order valence-corrected chi connectivity index (χ3v) is 15.2. The number of primary amides is 1. The molecule has 0 spiro atoms. The molecule has 2 saturated heterocycles. The van der Waals surface area contributed by atoms with E-state index in [1.54, 1.807) is 36.3 Å². The number of thioether (sulfide) groups is 2. The van der Waals surface area contributed by atoms with Crippen LogP contribution in [0, 0.1) is 23.7 Å². The van der Waals surface area contributed by atoms with E-state index >= 15 is 0 Å². The van der Waals surface area contributed by atoms with Crippen molar-refractivity contribution in [2.45, 2.75) is 67.2 Å². The predicted octanol–water partition coefficient (Wildman–Crippen LogP) is 1.50. The minimum absolute atomic E-state index is 0.0342. The molecule has 57 heavy (non-hydrogen) atoms. The number of pyridine rings is 2. The van der Waals surface area contributed by atoms with Crippen molar-refractivity contribution in [3.63, 3.8) is 0 Å². The van der Waals surface area contributed by atoms with Gasteiger partial charge in [-0.25, -0.2) is 14.8 Å². The highest BCUT2D eigenvalue weighted by atomic mass is 32.2. The summed E-state index contributed by atoms with van der Waals surface area (Å²) in [4.78, 5) is 77.5. The van der Waals surface area contributed by atoms with Crippen molar-refractivity contribution >= 4 is 113 Å². The van der Waals surface area contributed by atoms with Crippen LogP contribution in [0.5, 0.6) is 0 Å². The number of aliphatic hydroxyl groups is 2. The van der Waals surface area contributed by atoms with Gasteiger partial charge in [-0.15, -0.1) is 22.7 Å². The van der Waals surface area contributed by atoms with Crippen LogP contribution >= 0.6 is 54.8 Å². The molecule has 4 aliphatic heterocycles. The van der Waals surface area contributed by atoms with Crippen molar-refractivity contribution < 1.29 is 48.4 Å². The fourth-order valence-corrected chi connectivity index (χ4v) is 12.4. The standard InChI is InChI=1S/C18H18N4O5S2.C16H14BN4O4PS2/c1-7-13-12(8(2)23)16(25)22(13)14(17(26)27)15(7)29-18-20-9-5-21(6-11(19)24)4-3-10(9)28-18;1-6-11-10(7(2)22)14(23)21(11)12(15(24)25-26-20-17)13(6)28-16-19-8-5-18-4-3-9(8)27-16/h3-5,7-8,12-13,23H,6H2,1-2H3,(H2-,19,24,26,27);3-7,10-11,22H,1-2H3/t7-,8-,12-,13-;6-,7-,10-,11-/m11/s1. The van der Waals surface area contributed by atoms with Crippen LogP contribution in [-0.4, -0.2) is 96.9 Å². The van der Waals surface area contributed by atoms with E-state index in [0.29, 0.717) is 19.7 Å². The maximum atomic E-state index is 12.6. The van der Waals surface area contributed by atoms with E-state index in [9.17, 15) is 39.3 Å². The average molecular weight is 867 g/mol. The third kappa shape index (κ3) is 7.36. The summed E-state index contributed by atoms with van der Waals surface area (Å²) < 4.78 is 13.1. The fraction of sp³-hybridized carbons (Fsp3) is 0.382. The van der Waals surface area contributed by atoms with Crippen molar-refractivity contribution in [3.8, 4) is 0 Å². The molecule has 8 rings (SSSR count). The van der Waals surface area contributed by atoms with Crippen LogP contribution in [0.15, 0.2) is 71.5 Å². The van der Waals surface area contributed by atoms with Crippen LogP contribution in [0.4, 0.5) is 0 Å². The maximum Gasteiger partial charge on any atom is 0.365 e. The molecule has 23 heteroatoms. The van der Waals surface area contributed by atoms with Gasteiger partial charge in [-0.05, 0) is 19.9 Å². The number of carbonyl (C=O) groups is 5. The van der Waals surface area contributed by atoms with Gasteiger partial charge in [0.1, 0.15) is 16.7 Å².